The van der Waals surface area contributed by atoms with Crippen LogP contribution < -0.4 is 9.47 Å². The van der Waals surface area contributed by atoms with Crippen molar-refractivity contribution in [2.24, 2.45) is 0 Å². The van der Waals surface area contributed by atoms with Gasteiger partial charge in [-0.2, -0.15) is 0 Å². The lowest BCUT2D eigenvalue weighted by molar-refractivity contribution is -0.384. The first-order valence-corrected chi connectivity index (χ1v) is 11.6. The molecule has 1 heterocycles. The van der Waals surface area contributed by atoms with Crippen LogP contribution in [0.15, 0.2) is 54.0 Å². The number of carbonyl (C=O) groups excluding carboxylic acids is 2. The van der Waals surface area contributed by atoms with E-state index in [4.69, 9.17) is 9.47 Å². The monoisotopic (exact) mass is 482 g/mol. The summed E-state index contributed by atoms with van der Waals surface area (Å²) in [5.41, 5.74) is 2.11. The van der Waals surface area contributed by atoms with E-state index in [2.05, 4.69) is 6.58 Å². The summed E-state index contributed by atoms with van der Waals surface area (Å²) < 4.78 is 11.9. The zero-order valence-electron chi connectivity index (χ0n) is 19.3. The van der Waals surface area contributed by atoms with Crippen molar-refractivity contribution in [1.82, 2.24) is 4.90 Å². The van der Waals surface area contributed by atoms with Gasteiger partial charge in [-0.25, -0.2) is 0 Å². The largest absolute Gasteiger partial charge is 0.490 e. The maximum Gasteiger partial charge on any atom is 0.293 e. The van der Waals surface area contributed by atoms with Gasteiger partial charge in [0.15, 0.2) is 11.5 Å². The molecule has 1 aliphatic heterocycles. The Kier molecular flexibility index (Phi) is 8.12. The first-order chi connectivity index (χ1) is 16.2. The van der Waals surface area contributed by atoms with E-state index >= 15 is 0 Å². The maximum atomic E-state index is 12.7. The molecule has 8 nitrogen and oxygen atoms in total. The van der Waals surface area contributed by atoms with Crippen molar-refractivity contribution in [3.8, 4) is 11.5 Å². The van der Waals surface area contributed by atoms with Gasteiger partial charge in [0, 0.05) is 23.7 Å². The second-order valence-electron chi connectivity index (χ2n) is 7.79. The van der Waals surface area contributed by atoms with E-state index in [1.807, 2.05) is 13.0 Å². The number of non-ortho nitro benzene ring substituents is 1. The molecule has 178 valence electrons. The fourth-order valence-electron chi connectivity index (χ4n) is 3.49. The second-order valence-corrected chi connectivity index (χ2v) is 8.79. The highest BCUT2D eigenvalue weighted by molar-refractivity contribution is 8.18. The lowest BCUT2D eigenvalue weighted by atomic mass is 10.0. The predicted octanol–water partition coefficient (Wildman–Crippen LogP) is 5.75. The third kappa shape index (κ3) is 5.66. The van der Waals surface area contributed by atoms with Crippen LogP contribution in [0.1, 0.15) is 37.5 Å². The number of thioether (sulfide) groups is 1. The minimum atomic E-state index is -0.450. The van der Waals surface area contributed by atoms with Crippen LogP contribution in [-0.2, 0) is 17.8 Å². The summed E-state index contributed by atoms with van der Waals surface area (Å²) in [5, 5.41) is 10.8. The molecule has 9 heteroatoms. The molecule has 3 rings (SSSR count). The Labute approximate surface area is 202 Å². The predicted molar refractivity (Wildman–Crippen MR) is 132 cm³/mol. The van der Waals surface area contributed by atoms with Gasteiger partial charge < -0.3 is 9.47 Å². The first-order valence-electron chi connectivity index (χ1n) is 10.8. The van der Waals surface area contributed by atoms with Crippen molar-refractivity contribution in [2.75, 3.05) is 6.61 Å². The number of ether oxygens (including phenoxy) is 2. The summed E-state index contributed by atoms with van der Waals surface area (Å²) in [4.78, 5) is 37.1. The molecule has 0 aromatic heterocycles. The molecule has 0 aliphatic carbocycles. The van der Waals surface area contributed by atoms with Gasteiger partial charge in [-0.05, 0) is 68.3 Å². The van der Waals surface area contributed by atoms with Crippen LogP contribution >= 0.6 is 11.8 Å². The highest BCUT2D eigenvalue weighted by Gasteiger charge is 2.36. The number of carbonyl (C=O) groups is 2. The summed E-state index contributed by atoms with van der Waals surface area (Å²) >= 11 is 0.910. The molecule has 1 aliphatic rings. The van der Waals surface area contributed by atoms with Gasteiger partial charge in [0.2, 0.25) is 0 Å². The van der Waals surface area contributed by atoms with Gasteiger partial charge in [-0.3, -0.25) is 24.6 Å². The Balaban J connectivity index is 1.95. The van der Waals surface area contributed by atoms with Crippen molar-refractivity contribution in [3.63, 3.8) is 0 Å². The van der Waals surface area contributed by atoms with E-state index in [0.717, 1.165) is 17.3 Å². The molecule has 1 fully saturated rings. The fraction of sp³-hybridized carbons (Fsp3) is 0.280. The van der Waals surface area contributed by atoms with Crippen LogP contribution in [0.5, 0.6) is 11.5 Å². The summed E-state index contributed by atoms with van der Waals surface area (Å²) in [6, 6.07) is 9.63. The molecule has 0 radical (unpaired) electrons. The molecule has 0 saturated carbocycles. The number of hydrogen-bond donors (Lipinski definition) is 0. The topological polar surface area (TPSA) is 99.0 Å². The van der Waals surface area contributed by atoms with Crippen LogP contribution in [0.2, 0.25) is 0 Å². The zero-order valence-corrected chi connectivity index (χ0v) is 20.1. The Bertz CT molecular complexity index is 1160. The molecular weight excluding hydrogens is 456 g/mol. The number of nitrogens with zero attached hydrogens (tertiary/aromatic N) is 2. The number of nitro groups is 1. The smallest absolute Gasteiger partial charge is 0.293 e. The third-order valence-corrected chi connectivity index (χ3v) is 5.84. The van der Waals surface area contributed by atoms with Gasteiger partial charge in [-0.15, -0.1) is 6.58 Å². The van der Waals surface area contributed by atoms with Crippen LogP contribution in [0.3, 0.4) is 0 Å². The number of nitro benzene ring substituents is 1. The van der Waals surface area contributed by atoms with E-state index in [0.29, 0.717) is 40.6 Å². The lowest BCUT2D eigenvalue weighted by Crippen LogP contribution is -2.34. The minimum absolute atomic E-state index is 0.0110. The lowest BCUT2D eigenvalue weighted by Gasteiger charge is -2.17. The van der Waals surface area contributed by atoms with Crippen molar-refractivity contribution < 1.29 is 24.0 Å². The molecule has 2 aromatic rings. The Morgan fingerprint density at radius 2 is 1.97 bits per heavy atom. The highest BCUT2D eigenvalue weighted by atomic mass is 32.2. The van der Waals surface area contributed by atoms with Crippen molar-refractivity contribution in [1.29, 1.82) is 0 Å². The van der Waals surface area contributed by atoms with Gasteiger partial charge in [0.1, 0.15) is 6.61 Å². The standard InChI is InChI=1S/C25H26N2O6S/c1-5-8-19-11-18(14-22-24(28)26(16(3)4)25(29)34-22)13-21(32-6-2)23(19)33-15-17-9-7-10-20(12-17)27(30)31/h5,7,9-14,16H,1,6,8,15H2,2-4H3/b22-14+. The molecule has 34 heavy (non-hydrogen) atoms. The number of allylic oxidation sites excluding steroid dienone is 1. The summed E-state index contributed by atoms with van der Waals surface area (Å²) in [5.74, 6) is 0.654. The minimum Gasteiger partial charge on any atom is -0.490 e. The molecular formula is C25H26N2O6S. The summed E-state index contributed by atoms with van der Waals surface area (Å²) in [7, 11) is 0. The quantitative estimate of drug-likeness (QED) is 0.184. The number of amides is 2. The SMILES string of the molecule is C=CCc1cc(/C=C2/SC(=O)N(C(C)C)C2=O)cc(OCC)c1OCc1cccc([N+](=O)[O-])c1. The molecule has 0 spiro atoms. The van der Waals surface area contributed by atoms with Crippen LogP contribution in [0, 0.1) is 10.1 Å². The number of rotatable bonds is 10. The van der Waals surface area contributed by atoms with Gasteiger partial charge in [0.05, 0.1) is 16.4 Å². The number of benzene rings is 2. The number of imide groups is 1. The first kappa shape index (κ1) is 25.0. The fourth-order valence-corrected chi connectivity index (χ4v) is 4.45. The van der Waals surface area contributed by atoms with E-state index in [-0.39, 0.29) is 29.5 Å². The molecule has 0 unspecified atom stereocenters. The summed E-state index contributed by atoms with van der Waals surface area (Å²) in [6.07, 6.45) is 3.87. The molecule has 2 aromatic carbocycles. The zero-order chi connectivity index (χ0) is 24.8. The number of hydrogen-bond acceptors (Lipinski definition) is 7. The average Bonchev–Trinajstić information content (AvgIpc) is 3.06. The van der Waals surface area contributed by atoms with Crippen molar-refractivity contribution in [2.45, 2.75) is 39.8 Å². The van der Waals surface area contributed by atoms with Gasteiger partial charge >= 0.3 is 0 Å². The van der Waals surface area contributed by atoms with Crippen LogP contribution in [0.4, 0.5) is 10.5 Å². The summed E-state index contributed by atoms with van der Waals surface area (Å²) in [6.45, 7) is 9.74. The third-order valence-electron chi connectivity index (χ3n) is 4.96. The molecule has 2 amide bonds. The van der Waals surface area contributed by atoms with Crippen molar-refractivity contribution in [3.05, 3.63) is 80.8 Å². The molecule has 0 N–H and O–H groups in total. The molecule has 0 atom stereocenters. The van der Waals surface area contributed by atoms with E-state index < -0.39 is 4.92 Å². The maximum absolute atomic E-state index is 12.7. The molecule has 1 saturated heterocycles. The average molecular weight is 483 g/mol. The normalized spacial score (nSPS) is 14.7. The Morgan fingerprint density at radius 3 is 2.59 bits per heavy atom. The van der Waals surface area contributed by atoms with E-state index in [1.165, 1.54) is 17.0 Å². The Hall–Kier alpha value is -3.59. The van der Waals surface area contributed by atoms with E-state index in [9.17, 15) is 19.7 Å². The highest BCUT2D eigenvalue weighted by Crippen LogP contribution is 2.38. The van der Waals surface area contributed by atoms with Crippen LogP contribution in [0.25, 0.3) is 6.08 Å². The van der Waals surface area contributed by atoms with Gasteiger partial charge in [-0.1, -0.05) is 18.2 Å². The van der Waals surface area contributed by atoms with Gasteiger partial charge in [0.25, 0.3) is 16.8 Å². The van der Waals surface area contributed by atoms with E-state index in [1.54, 1.807) is 44.2 Å². The Morgan fingerprint density at radius 1 is 1.21 bits per heavy atom. The van der Waals surface area contributed by atoms with Crippen molar-refractivity contribution >= 4 is 34.7 Å². The van der Waals surface area contributed by atoms with Crippen LogP contribution in [-0.4, -0.2) is 33.6 Å². The second kappa shape index (κ2) is 11.0. The molecule has 0 bridgehead atoms.